The van der Waals surface area contributed by atoms with Crippen molar-refractivity contribution in [3.8, 4) is 5.75 Å². The number of pyridine rings is 1. The second-order valence-electron chi connectivity index (χ2n) is 7.45. The summed E-state index contributed by atoms with van der Waals surface area (Å²) in [4.78, 5) is 31.1. The molecule has 2 amide bonds. The maximum absolute atomic E-state index is 14.0. The Morgan fingerprint density at radius 1 is 1.15 bits per heavy atom. The van der Waals surface area contributed by atoms with Crippen LogP contribution in [0.3, 0.4) is 0 Å². The predicted molar refractivity (Wildman–Crippen MR) is 123 cm³/mol. The Morgan fingerprint density at radius 2 is 1.88 bits per heavy atom. The fraction of sp³-hybridized carbons (Fsp3) is 0.174. The van der Waals surface area contributed by atoms with Crippen molar-refractivity contribution >= 4 is 39.1 Å². The van der Waals surface area contributed by atoms with Crippen LogP contribution in [0.4, 0.5) is 5.69 Å². The highest BCUT2D eigenvalue weighted by Crippen LogP contribution is 2.51. The summed E-state index contributed by atoms with van der Waals surface area (Å²) in [6.07, 6.45) is 1.38. The van der Waals surface area contributed by atoms with Crippen LogP contribution in [0.25, 0.3) is 0 Å². The van der Waals surface area contributed by atoms with Gasteiger partial charge >= 0.3 is 0 Å². The number of nitrogens with zero attached hydrogens (tertiary/aromatic N) is 2. The monoisotopic (exact) mass is 485 g/mol. The summed E-state index contributed by atoms with van der Waals surface area (Å²) < 4.78 is 33.4. The third kappa shape index (κ3) is 3.35. The molecule has 2 N–H and O–H groups in total. The number of amides is 2. The van der Waals surface area contributed by atoms with E-state index in [0.29, 0.717) is 4.31 Å². The van der Waals surface area contributed by atoms with Crippen LogP contribution in [-0.2, 0) is 25.0 Å². The van der Waals surface area contributed by atoms with Crippen molar-refractivity contribution < 1.29 is 22.7 Å². The number of hydrogen-bond donors (Lipinski definition) is 1. The Bertz CT molecular complexity index is 1380. The standard InChI is InChI=1S/C23H20ClN3O5S/c1-3-32-19-7-5-4-6-16(19)23(21(25)28)17-12-15(24)9-10-18(17)27(22(23)29)33(30,31)20-11-8-14(2)13-26-20/h4-13H,3H2,1-2H3,(H2,25,28). The quantitative estimate of drug-likeness (QED) is 0.536. The number of sulfonamides is 1. The summed E-state index contributed by atoms with van der Waals surface area (Å²) in [6.45, 7) is 3.75. The van der Waals surface area contributed by atoms with Crippen LogP contribution in [0.2, 0.25) is 5.02 Å². The molecule has 0 saturated heterocycles. The van der Waals surface area contributed by atoms with Gasteiger partial charge in [-0.1, -0.05) is 35.9 Å². The van der Waals surface area contributed by atoms with Crippen molar-refractivity contribution in [1.29, 1.82) is 0 Å². The molecule has 33 heavy (non-hydrogen) atoms. The molecule has 0 bridgehead atoms. The molecule has 1 aromatic heterocycles. The first kappa shape index (κ1) is 22.8. The maximum atomic E-state index is 14.0. The highest BCUT2D eigenvalue weighted by atomic mass is 35.5. The van der Waals surface area contributed by atoms with Crippen LogP contribution in [-0.4, -0.2) is 31.8 Å². The van der Waals surface area contributed by atoms with Gasteiger partial charge in [0.2, 0.25) is 5.91 Å². The minimum absolute atomic E-state index is 0.0307. The van der Waals surface area contributed by atoms with Crippen LogP contribution in [0.1, 0.15) is 23.6 Å². The molecule has 0 fully saturated rings. The van der Waals surface area contributed by atoms with Gasteiger partial charge in [0.1, 0.15) is 5.75 Å². The second kappa shape index (κ2) is 8.17. The summed E-state index contributed by atoms with van der Waals surface area (Å²) in [6, 6.07) is 13.4. The number of primary amides is 1. The molecule has 1 aliphatic rings. The van der Waals surface area contributed by atoms with Gasteiger partial charge in [0, 0.05) is 22.3 Å². The van der Waals surface area contributed by atoms with Crippen LogP contribution in [0.15, 0.2) is 65.8 Å². The van der Waals surface area contributed by atoms with Gasteiger partial charge in [0.25, 0.3) is 15.9 Å². The summed E-state index contributed by atoms with van der Waals surface area (Å²) in [5.41, 5.74) is 4.57. The van der Waals surface area contributed by atoms with Gasteiger partial charge in [-0.25, -0.2) is 4.98 Å². The van der Waals surface area contributed by atoms with Gasteiger partial charge in [0.05, 0.1) is 12.3 Å². The Labute approximate surface area is 196 Å². The Balaban J connectivity index is 2.06. The molecule has 3 aromatic rings. The van der Waals surface area contributed by atoms with Gasteiger partial charge in [-0.15, -0.1) is 0 Å². The Morgan fingerprint density at radius 3 is 2.52 bits per heavy atom. The normalized spacial score (nSPS) is 17.7. The molecule has 2 heterocycles. The Hall–Kier alpha value is -3.43. The molecule has 1 aliphatic heterocycles. The lowest BCUT2D eigenvalue weighted by Gasteiger charge is -2.27. The third-order valence-electron chi connectivity index (χ3n) is 5.44. The fourth-order valence-electron chi connectivity index (χ4n) is 3.99. The average Bonchev–Trinajstić information content (AvgIpc) is 3.03. The summed E-state index contributed by atoms with van der Waals surface area (Å²) in [5.74, 6) is -1.88. The number of carbonyl (C=O) groups is 2. The van der Waals surface area contributed by atoms with E-state index < -0.39 is 27.3 Å². The predicted octanol–water partition coefficient (Wildman–Crippen LogP) is 2.95. The zero-order chi connectivity index (χ0) is 24.0. The first-order valence-electron chi connectivity index (χ1n) is 10.00. The summed E-state index contributed by atoms with van der Waals surface area (Å²) in [7, 11) is -4.49. The number of aromatic nitrogens is 1. The molecule has 0 saturated carbocycles. The van der Waals surface area contributed by atoms with Gasteiger partial charge < -0.3 is 10.5 Å². The molecule has 8 nitrogen and oxygen atoms in total. The number of anilines is 1. The second-order valence-corrected chi connectivity index (χ2v) is 9.62. The lowest BCUT2D eigenvalue weighted by atomic mass is 9.74. The van der Waals surface area contributed by atoms with Crippen molar-refractivity contribution in [3.05, 3.63) is 82.5 Å². The third-order valence-corrected chi connectivity index (χ3v) is 7.28. The molecule has 1 unspecified atom stereocenters. The molecule has 1 atom stereocenters. The SMILES string of the molecule is CCOc1ccccc1C1(C(N)=O)C(=O)N(S(=O)(=O)c2ccc(C)cn2)c2ccc(Cl)cc21. The van der Waals surface area contributed by atoms with Crippen molar-refractivity contribution in [1.82, 2.24) is 4.98 Å². The van der Waals surface area contributed by atoms with Crippen LogP contribution >= 0.6 is 11.6 Å². The molecule has 2 aromatic carbocycles. The zero-order valence-corrected chi connectivity index (χ0v) is 19.4. The molecular weight excluding hydrogens is 466 g/mol. The minimum atomic E-state index is -4.49. The van der Waals surface area contributed by atoms with Gasteiger partial charge in [-0.2, -0.15) is 12.7 Å². The van der Waals surface area contributed by atoms with E-state index >= 15 is 0 Å². The van der Waals surface area contributed by atoms with Crippen LogP contribution in [0.5, 0.6) is 5.75 Å². The number of aryl methyl sites for hydroxylation is 1. The van der Waals surface area contributed by atoms with Crippen LogP contribution < -0.4 is 14.8 Å². The van der Waals surface area contributed by atoms with E-state index in [2.05, 4.69) is 4.98 Å². The van der Waals surface area contributed by atoms with Crippen molar-refractivity contribution in [2.45, 2.75) is 24.3 Å². The van der Waals surface area contributed by atoms with E-state index in [1.165, 1.54) is 36.5 Å². The maximum Gasteiger partial charge on any atom is 0.288 e. The van der Waals surface area contributed by atoms with Crippen LogP contribution in [0, 0.1) is 6.92 Å². The largest absolute Gasteiger partial charge is 0.494 e. The zero-order valence-electron chi connectivity index (χ0n) is 17.8. The highest BCUT2D eigenvalue weighted by Gasteiger charge is 2.61. The molecule has 0 aliphatic carbocycles. The molecule has 4 rings (SSSR count). The molecular formula is C23H20ClN3O5S. The van der Waals surface area contributed by atoms with E-state index in [1.54, 1.807) is 38.1 Å². The number of rotatable bonds is 6. The number of hydrogen-bond acceptors (Lipinski definition) is 6. The van der Waals surface area contributed by atoms with Crippen molar-refractivity contribution in [2.75, 3.05) is 10.9 Å². The first-order chi connectivity index (χ1) is 15.6. The van der Waals surface area contributed by atoms with Crippen molar-refractivity contribution in [2.24, 2.45) is 5.73 Å². The number of nitrogens with two attached hydrogens (primary N) is 1. The number of ether oxygens (including phenoxy) is 1. The van der Waals surface area contributed by atoms with Crippen molar-refractivity contribution in [3.63, 3.8) is 0 Å². The van der Waals surface area contributed by atoms with Gasteiger partial charge in [-0.05, 0) is 49.7 Å². The first-order valence-corrected chi connectivity index (χ1v) is 11.8. The topological polar surface area (TPSA) is 120 Å². The lowest BCUT2D eigenvalue weighted by molar-refractivity contribution is -0.131. The van der Waals surface area contributed by atoms with Gasteiger partial charge in [-0.3, -0.25) is 9.59 Å². The lowest BCUT2D eigenvalue weighted by Crippen LogP contribution is -2.51. The van der Waals surface area contributed by atoms with E-state index in [0.717, 1.165) is 5.56 Å². The van der Waals surface area contributed by atoms with E-state index in [1.807, 2.05) is 0 Å². The molecule has 0 radical (unpaired) electrons. The molecule has 0 spiro atoms. The Kier molecular flexibility index (Phi) is 5.63. The number of halogens is 1. The van der Waals surface area contributed by atoms with Gasteiger partial charge in [0.15, 0.2) is 10.4 Å². The highest BCUT2D eigenvalue weighted by molar-refractivity contribution is 7.93. The fourth-order valence-corrected chi connectivity index (χ4v) is 5.55. The number of carbonyl (C=O) groups excluding carboxylic acids is 2. The van der Waals surface area contributed by atoms with E-state index in [-0.39, 0.29) is 39.2 Å². The average molecular weight is 486 g/mol. The smallest absolute Gasteiger partial charge is 0.288 e. The molecule has 10 heteroatoms. The number of benzene rings is 2. The minimum Gasteiger partial charge on any atom is -0.494 e. The van der Waals surface area contributed by atoms with E-state index in [4.69, 9.17) is 22.1 Å². The van der Waals surface area contributed by atoms with E-state index in [9.17, 15) is 18.0 Å². The summed E-state index contributed by atoms with van der Waals surface area (Å²) >= 11 is 6.21. The number of fused-ring (bicyclic) bond motifs is 1. The number of para-hydroxylation sites is 1. The molecule has 170 valence electrons. The summed E-state index contributed by atoms with van der Waals surface area (Å²) in [5, 5.41) is -0.144.